The highest BCUT2D eigenvalue weighted by atomic mass is 31.2. The van der Waals surface area contributed by atoms with Gasteiger partial charge in [0.15, 0.2) is 0 Å². The van der Waals surface area contributed by atoms with Crippen molar-refractivity contribution < 1.29 is 14.7 Å². The molecule has 4 nitrogen and oxygen atoms in total. The molecule has 0 saturated carbocycles. The van der Waals surface area contributed by atoms with Crippen molar-refractivity contribution in [2.75, 3.05) is 7.05 Å². The molecule has 4 N–H and O–H groups in total. The van der Waals surface area contributed by atoms with Crippen molar-refractivity contribution in [2.45, 2.75) is 0 Å². The summed E-state index contributed by atoms with van der Waals surface area (Å²) in [5, 5.41) is 1.88. The topological polar surface area (TPSA) is 72.7 Å². The second kappa shape index (κ2) is 1.82. The summed E-state index contributed by atoms with van der Waals surface area (Å²) in [4.78, 5) is 23.8. The maximum Gasteiger partial charge on any atom is 0.493 e. The standard InChI is InChI=1S/CH7NO3P/c1-2-6(3,4)5/h2-5H,1H3/q+1. The van der Waals surface area contributed by atoms with Gasteiger partial charge in [0, 0.05) is 7.05 Å². The molecule has 5 heteroatoms. The highest BCUT2D eigenvalue weighted by Crippen LogP contribution is 2.37. The number of nitrogens with one attached hydrogen (secondary N) is 1. The fraction of sp³-hybridized carbons (Fsp3) is 1.00. The van der Waals surface area contributed by atoms with Crippen LogP contribution in [0.25, 0.3) is 0 Å². The zero-order chi connectivity index (χ0) is 5.21. The van der Waals surface area contributed by atoms with Crippen LogP contribution in [0, 0.1) is 0 Å². The van der Waals surface area contributed by atoms with E-state index in [0.717, 1.165) is 0 Å². The maximum atomic E-state index is 7.94. The summed E-state index contributed by atoms with van der Waals surface area (Å²) < 4.78 is 0. The van der Waals surface area contributed by atoms with Gasteiger partial charge in [0.2, 0.25) is 0 Å². The first-order chi connectivity index (χ1) is 2.56. The highest BCUT2D eigenvalue weighted by molar-refractivity contribution is 7.56. The Balaban J connectivity index is 3.17. The molecule has 0 aromatic rings. The molecular formula is CH7NO3P+. The predicted molar refractivity (Wildman–Crippen MR) is 22.6 cm³/mol. The lowest BCUT2D eigenvalue weighted by molar-refractivity contribution is 0.319. The molecule has 0 fully saturated rings. The van der Waals surface area contributed by atoms with Crippen LogP contribution in [0.3, 0.4) is 0 Å². The quantitative estimate of drug-likeness (QED) is 0.323. The minimum absolute atomic E-state index is 1.26. The van der Waals surface area contributed by atoms with Crippen LogP contribution >= 0.6 is 8.09 Å². The van der Waals surface area contributed by atoms with Crippen molar-refractivity contribution in [3.05, 3.63) is 0 Å². The van der Waals surface area contributed by atoms with Crippen LogP contribution in [0.1, 0.15) is 0 Å². The molecule has 0 heterocycles. The molecule has 38 valence electrons. The van der Waals surface area contributed by atoms with Gasteiger partial charge in [-0.1, -0.05) is 0 Å². The predicted octanol–water partition coefficient (Wildman–Crippen LogP) is -1.14. The molecule has 0 spiro atoms. The number of hydrogen-bond donors (Lipinski definition) is 4. The molecule has 0 aliphatic carbocycles. The van der Waals surface area contributed by atoms with E-state index in [1.165, 1.54) is 7.05 Å². The maximum absolute atomic E-state index is 7.94. The molecule has 0 bridgehead atoms. The van der Waals surface area contributed by atoms with Gasteiger partial charge in [-0.2, -0.15) is 14.7 Å². The molecule has 0 atom stereocenters. The Morgan fingerprint density at radius 1 is 1.33 bits per heavy atom. The normalized spacial score (nSPS) is 12.0. The van der Waals surface area contributed by atoms with Gasteiger partial charge in [-0.15, -0.1) is 5.09 Å². The molecule has 0 aromatic carbocycles. The van der Waals surface area contributed by atoms with E-state index in [1.807, 2.05) is 5.09 Å². The van der Waals surface area contributed by atoms with Gasteiger partial charge in [-0.3, -0.25) is 0 Å². The van der Waals surface area contributed by atoms with Gasteiger partial charge < -0.3 is 0 Å². The van der Waals surface area contributed by atoms with Crippen LogP contribution < -0.4 is 5.09 Å². The van der Waals surface area contributed by atoms with Gasteiger partial charge in [-0.25, -0.2) is 0 Å². The Kier molecular flexibility index (Phi) is 1.90. The Morgan fingerprint density at radius 3 is 1.50 bits per heavy atom. The van der Waals surface area contributed by atoms with E-state index in [0.29, 0.717) is 0 Å². The molecule has 0 unspecified atom stereocenters. The van der Waals surface area contributed by atoms with Crippen molar-refractivity contribution >= 4 is 8.09 Å². The number of rotatable bonds is 1. The zero-order valence-corrected chi connectivity index (χ0v) is 4.18. The van der Waals surface area contributed by atoms with E-state index in [4.69, 9.17) is 14.7 Å². The molecule has 0 radical (unpaired) electrons. The second-order valence-corrected chi connectivity index (χ2v) is 2.38. The summed E-state index contributed by atoms with van der Waals surface area (Å²) >= 11 is 0. The fourth-order valence-electron chi connectivity index (χ4n) is 0. The van der Waals surface area contributed by atoms with E-state index in [1.54, 1.807) is 0 Å². The van der Waals surface area contributed by atoms with Crippen LogP contribution in [-0.4, -0.2) is 21.7 Å². The van der Waals surface area contributed by atoms with Crippen molar-refractivity contribution in [1.82, 2.24) is 5.09 Å². The van der Waals surface area contributed by atoms with E-state index >= 15 is 0 Å². The third kappa shape index (κ3) is 4.27. The Morgan fingerprint density at radius 2 is 1.50 bits per heavy atom. The van der Waals surface area contributed by atoms with Crippen LogP contribution in [0.4, 0.5) is 0 Å². The lowest BCUT2D eigenvalue weighted by Gasteiger charge is -1.95. The van der Waals surface area contributed by atoms with E-state index in [2.05, 4.69) is 0 Å². The lowest BCUT2D eigenvalue weighted by atomic mass is 11.6. The summed E-state index contributed by atoms with van der Waals surface area (Å²) in [6, 6.07) is 0. The summed E-state index contributed by atoms with van der Waals surface area (Å²) in [5.41, 5.74) is 0. The first-order valence-corrected chi connectivity index (χ1v) is 2.97. The molecular weight excluding hydrogens is 105 g/mol. The minimum Gasteiger partial charge on any atom is -0.178 e. The van der Waals surface area contributed by atoms with Crippen molar-refractivity contribution in [2.24, 2.45) is 0 Å². The summed E-state index contributed by atoms with van der Waals surface area (Å²) in [7, 11) is -2.39. The van der Waals surface area contributed by atoms with Gasteiger partial charge >= 0.3 is 8.09 Å². The highest BCUT2D eigenvalue weighted by Gasteiger charge is 2.25. The van der Waals surface area contributed by atoms with Crippen LogP contribution in [0.5, 0.6) is 0 Å². The van der Waals surface area contributed by atoms with Crippen LogP contribution in [0.2, 0.25) is 0 Å². The van der Waals surface area contributed by atoms with Crippen molar-refractivity contribution in [1.29, 1.82) is 0 Å². The van der Waals surface area contributed by atoms with Crippen LogP contribution in [-0.2, 0) is 0 Å². The molecule has 0 saturated heterocycles. The van der Waals surface area contributed by atoms with Gasteiger partial charge in [0.1, 0.15) is 0 Å². The molecule has 0 amide bonds. The average Bonchev–Trinajstić information content (AvgIpc) is 1.35. The van der Waals surface area contributed by atoms with E-state index in [9.17, 15) is 0 Å². The van der Waals surface area contributed by atoms with Crippen molar-refractivity contribution in [3.63, 3.8) is 0 Å². The van der Waals surface area contributed by atoms with E-state index < -0.39 is 8.09 Å². The largest absolute Gasteiger partial charge is 0.493 e. The molecule has 0 aliphatic rings. The van der Waals surface area contributed by atoms with Crippen LogP contribution in [0.15, 0.2) is 0 Å². The Labute approximate surface area is 36.1 Å². The summed E-state index contributed by atoms with van der Waals surface area (Å²) in [5.74, 6) is 0. The molecule has 0 aliphatic heterocycles. The van der Waals surface area contributed by atoms with Gasteiger partial charge in [0.05, 0.1) is 0 Å². The first kappa shape index (κ1) is 6.27. The SMILES string of the molecule is CN[P+](O)(O)O. The summed E-state index contributed by atoms with van der Waals surface area (Å²) in [6.07, 6.45) is 0. The van der Waals surface area contributed by atoms with Gasteiger partial charge in [-0.05, 0) is 0 Å². The third-order valence-corrected chi connectivity index (χ3v) is 0.900. The molecule has 0 aromatic heterocycles. The number of hydrogen-bond acceptors (Lipinski definition) is 4. The smallest absolute Gasteiger partial charge is 0.178 e. The van der Waals surface area contributed by atoms with Gasteiger partial charge in [0.25, 0.3) is 0 Å². The third-order valence-electron chi connectivity index (χ3n) is 0.300. The Bertz CT molecular complexity index is 40.5. The monoisotopic (exact) mass is 112 g/mol. The zero-order valence-electron chi connectivity index (χ0n) is 3.29. The Hall–Kier alpha value is 0.270. The lowest BCUT2D eigenvalue weighted by Crippen LogP contribution is -2.06. The van der Waals surface area contributed by atoms with E-state index in [-0.39, 0.29) is 0 Å². The minimum atomic E-state index is -3.65. The fourth-order valence-corrected chi connectivity index (χ4v) is 0. The molecule has 6 heavy (non-hydrogen) atoms. The average molecular weight is 112 g/mol. The summed E-state index contributed by atoms with van der Waals surface area (Å²) in [6.45, 7) is 0. The molecule has 0 rings (SSSR count). The second-order valence-electron chi connectivity index (χ2n) is 0.792. The van der Waals surface area contributed by atoms with Crippen molar-refractivity contribution in [3.8, 4) is 0 Å². The first-order valence-electron chi connectivity index (χ1n) is 1.32.